The molecule has 40 heavy (non-hydrogen) atoms. The molecule has 0 saturated carbocycles. The van der Waals surface area contributed by atoms with Gasteiger partial charge in [0.25, 0.3) is 5.56 Å². The highest BCUT2D eigenvalue weighted by atomic mass is 32.1. The number of esters is 1. The SMILES string of the molecule is CCOC(=O)c1sc2c(c1C)c(=O)n(C(C)(C)C(N)=O)c(=O)n2C[C@H](OCC/C=N\C)c1cc(F)ccc1OC. The van der Waals surface area contributed by atoms with Crippen molar-refractivity contribution in [3.8, 4) is 5.75 Å². The van der Waals surface area contributed by atoms with E-state index in [0.29, 0.717) is 23.3 Å². The van der Waals surface area contributed by atoms with Gasteiger partial charge in [-0.25, -0.2) is 18.5 Å². The van der Waals surface area contributed by atoms with E-state index in [0.717, 1.165) is 15.9 Å². The van der Waals surface area contributed by atoms with E-state index < -0.39 is 40.6 Å². The number of ether oxygens (including phenoxy) is 3. The number of thiophene rings is 1. The lowest BCUT2D eigenvalue weighted by Crippen LogP contribution is -2.54. The lowest BCUT2D eigenvalue weighted by atomic mass is 10.0. The lowest BCUT2D eigenvalue weighted by molar-refractivity contribution is -0.125. The number of carbonyl (C=O) groups excluding carboxylic acids is 2. The van der Waals surface area contributed by atoms with Crippen LogP contribution in [0.2, 0.25) is 0 Å². The van der Waals surface area contributed by atoms with Crippen molar-refractivity contribution < 1.29 is 28.2 Å². The third-order valence-corrected chi connectivity index (χ3v) is 7.77. The molecular formula is C27H33FN4O7S. The largest absolute Gasteiger partial charge is 0.496 e. The van der Waals surface area contributed by atoms with Crippen molar-refractivity contribution in [1.82, 2.24) is 9.13 Å². The zero-order valence-electron chi connectivity index (χ0n) is 23.3. The van der Waals surface area contributed by atoms with Crippen LogP contribution in [0.15, 0.2) is 32.8 Å². The van der Waals surface area contributed by atoms with Crippen molar-refractivity contribution in [2.45, 2.75) is 52.3 Å². The summed E-state index contributed by atoms with van der Waals surface area (Å²) in [5.41, 5.74) is 2.87. The molecule has 0 unspecified atom stereocenters. The minimum atomic E-state index is -1.72. The highest BCUT2D eigenvalue weighted by Crippen LogP contribution is 2.33. The van der Waals surface area contributed by atoms with Crippen molar-refractivity contribution in [3.05, 3.63) is 60.9 Å². The number of primary amides is 1. The first-order valence-corrected chi connectivity index (χ1v) is 13.3. The minimum absolute atomic E-state index is 0.0602. The monoisotopic (exact) mass is 576 g/mol. The smallest absolute Gasteiger partial charge is 0.348 e. The third kappa shape index (κ3) is 5.85. The Morgan fingerprint density at radius 1 is 1.27 bits per heavy atom. The van der Waals surface area contributed by atoms with Gasteiger partial charge in [0.1, 0.15) is 32.9 Å². The molecule has 11 nitrogen and oxygen atoms in total. The molecule has 13 heteroatoms. The number of nitrogens with zero attached hydrogens (tertiary/aromatic N) is 3. The molecule has 216 valence electrons. The zero-order valence-corrected chi connectivity index (χ0v) is 24.1. The van der Waals surface area contributed by atoms with E-state index in [4.69, 9.17) is 19.9 Å². The quantitative estimate of drug-likeness (QED) is 0.198. The molecule has 2 aromatic heterocycles. The van der Waals surface area contributed by atoms with Crippen LogP contribution in [-0.4, -0.2) is 54.6 Å². The van der Waals surface area contributed by atoms with Crippen LogP contribution >= 0.6 is 11.3 Å². The number of hydrogen-bond donors (Lipinski definition) is 1. The minimum Gasteiger partial charge on any atom is -0.496 e. The van der Waals surface area contributed by atoms with Crippen LogP contribution < -0.4 is 21.7 Å². The summed E-state index contributed by atoms with van der Waals surface area (Å²) in [4.78, 5) is 57.0. The van der Waals surface area contributed by atoms with Crippen molar-refractivity contribution >= 4 is 39.6 Å². The lowest BCUT2D eigenvalue weighted by Gasteiger charge is -2.26. The number of halogens is 1. The van der Waals surface area contributed by atoms with Gasteiger partial charge in [0, 0.05) is 25.2 Å². The highest BCUT2D eigenvalue weighted by molar-refractivity contribution is 7.20. The van der Waals surface area contributed by atoms with Crippen LogP contribution in [0.1, 0.15) is 54.1 Å². The Balaban J connectivity index is 2.37. The summed E-state index contributed by atoms with van der Waals surface area (Å²) in [5.74, 6) is -1.79. The number of rotatable bonds is 12. The fraction of sp³-hybridized carbons (Fsp3) is 0.444. The molecule has 0 aliphatic heterocycles. The molecule has 2 N–H and O–H groups in total. The van der Waals surface area contributed by atoms with Gasteiger partial charge in [-0.2, -0.15) is 0 Å². The van der Waals surface area contributed by atoms with E-state index in [-0.39, 0.29) is 34.9 Å². The molecule has 0 bridgehead atoms. The molecule has 1 atom stereocenters. The fourth-order valence-corrected chi connectivity index (χ4v) is 5.45. The Kier molecular flexibility index (Phi) is 9.64. The topological polar surface area (TPSA) is 144 Å². The second-order valence-corrected chi connectivity index (χ2v) is 10.4. The van der Waals surface area contributed by atoms with Gasteiger partial charge in [0.05, 0.1) is 32.3 Å². The van der Waals surface area contributed by atoms with Gasteiger partial charge < -0.3 is 24.9 Å². The number of amides is 1. The van der Waals surface area contributed by atoms with Crippen molar-refractivity contribution in [3.63, 3.8) is 0 Å². The molecule has 0 saturated heterocycles. The van der Waals surface area contributed by atoms with Crippen molar-refractivity contribution in [2.24, 2.45) is 10.7 Å². The molecular weight excluding hydrogens is 543 g/mol. The summed E-state index contributed by atoms with van der Waals surface area (Å²) in [6, 6.07) is 3.92. The van der Waals surface area contributed by atoms with Gasteiger partial charge in [-0.1, -0.05) is 0 Å². The standard InChI is InChI=1S/C27H33FN4O7S/c1-7-38-24(34)21-15(2)20-22(33)32(27(3,4)25(29)35)26(36)31(23(20)40-21)14-19(39-12-8-11-30-5)17-13-16(28)9-10-18(17)37-6/h9-11,13,19H,7-8,12,14H2,1-6H3,(H2,29,35)/b30-11-/t19-/m0/s1. The van der Waals surface area contributed by atoms with Crippen LogP contribution in [0, 0.1) is 12.7 Å². The fourth-order valence-electron chi connectivity index (χ4n) is 4.26. The van der Waals surface area contributed by atoms with Crippen LogP contribution in [0.3, 0.4) is 0 Å². The molecule has 0 spiro atoms. The van der Waals surface area contributed by atoms with Gasteiger partial charge in [0.15, 0.2) is 0 Å². The Bertz CT molecular complexity index is 1570. The Morgan fingerprint density at radius 3 is 2.58 bits per heavy atom. The molecule has 3 aromatic rings. The maximum Gasteiger partial charge on any atom is 0.348 e. The second kappa shape index (κ2) is 12.6. The Morgan fingerprint density at radius 2 is 1.98 bits per heavy atom. The molecule has 1 amide bonds. The average molecular weight is 577 g/mol. The first kappa shape index (κ1) is 30.7. The van der Waals surface area contributed by atoms with E-state index in [1.807, 2.05) is 0 Å². The van der Waals surface area contributed by atoms with Crippen LogP contribution in [-0.2, 0) is 26.4 Å². The van der Waals surface area contributed by atoms with E-state index in [1.54, 1.807) is 27.1 Å². The first-order valence-electron chi connectivity index (χ1n) is 12.5. The number of fused-ring (bicyclic) bond motifs is 1. The first-order chi connectivity index (χ1) is 18.9. The van der Waals surface area contributed by atoms with Crippen LogP contribution in [0.5, 0.6) is 5.75 Å². The van der Waals surface area contributed by atoms with Crippen LogP contribution in [0.4, 0.5) is 4.39 Å². The maximum absolute atomic E-state index is 14.4. The van der Waals surface area contributed by atoms with Crippen LogP contribution in [0.25, 0.3) is 10.2 Å². The van der Waals surface area contributed by atoms with Gasteiger partial charge in [0.2, 0.25) is 5.91 Å². The number of benzene rings is 1. The van der Waals surface area contributed by atoms with E-state index >= 15 is 0 Å². The molecule has 1 aromatic carbocycles. The molecule has 0 radical (unpaired) electrons. The summed E-state index contributed by atoms with van der Waals surface area (Å²) in [7, 11) is 3.04. The number of aromatic nitrogens is 2. The summed E-state index contributed by atoms with van der Waals surface area (Å²) in [6.07, 6.45) is 1.15. The average Bonchev–Trinajstić information content (AvgIpc) is 3.25. The zero-order chi connectivity index (χ0) is 29.8. The van der Waals surface area contributed by atoms with E-state index in [1.165, 1.54) is 43.7 Å². The number of nitrogens with two attached hydrogens (primary N) is 1. The Labute approximate surface area is 234 Å². The predicted octanol–water partition coefficient (Wildman–Crippen LogP) is 2.93. The summed E-state index contributed by atoms with van der Waals surface area (Å²) in [5, 5.41) is 0.0602. The number of aliphatic imine (C=N–C) groups is 1. The maximum atomic E-state index is 14.4. The van der Waals surface area contributed by atoms with Gasteiger partial charge >= 0.3 is 11.7 Å². The Hall–Kier alpha value is -3.84. The summed E-state index contributed by atoms with van der Waals surface area (Å²) < 4.78 is 33.1. The third-order valence-electron chi connectivity index (χ3n) is 6.47. The number of hydrogen-bond acceptors (Lipinski definition) is 9. The molecule has 0 aliphatic carbocycles. The van der Waals surface area contributed by atoms with Crippen molar-refractivity contribution in [2.75, 3.05) is 27.4 Å². The molecule has 0 aliphatic rings. The van der Waals surface area contributed by atoms with Crippen molar-refractivity contribution in [1.29, 1.82) is 0 Å². The number of aryl methyl sites for hydroxylation is 1. The number of methoxy groups -OCH3 is 1. The second-order valence-electron chi connectivity index (χ2n) is 9.39. The highest BCUT2D eigenvalue weighted by Gasteiger charge is 2.35. The van der Waals surface area contributed by atoms with Gasteiger partial charge in [-0.15, -0.1) is 11.3 Å². The van der Waals surface area contributed by atoms with Gasteiger partial charge in [-0.3, -0.25) is 14.2 Å². The summed E-state index contributed by atoms with van der Waals surface area (Å²) >= 11 is 0.914. The van der Waals surface area contributed by atoms with E-state index in [9.17, 15) is 23.6 Å². The molecule has 2 heterocycles. The summed E-state index contributed by atoms with van der Waals surface area (Å²) in [6.45, 7) is 5.99. The predicted molar refractivity (Wildman–Crippen MR) is 150 cm³/mol. The molecule has 0 fully saturated rings. The van der Waals surface area contributed by atoms with Gasteiger partial charge in [-0.05, 0) is 51.5 Å². The normalized spacial score (nSPS) is 12.7. The molecule has 3 rings (SSSR count). The number of carbonyl (C=O) groups is 2. The van der Waals surface area contributed by atoms with E-state index in [2.05, 4.69) is 4.99 Å².